The minimum absolute atomic E-state index is 0.00562. The van der Waals surface area contributed by atoms with Crippen LogP contribution < -0.4 is 5.73 Å². The van der Waals surface area contributed by atoms with Gasteiger partial charge in [-0.3, -0.25) is 0 Å². The maximum Gasteiger partial charge on any atom is 0.180 e. The Morgan fingerprint density at radius 1 is 1.53 bits per heavy atom. The van der Waals surface area contributed by atoms with Crippen LogP contribution >= 0.6 is 0 Å². The summed E-state index contributed by atoms with van der Waals surface area (Å²) in [5, 5.41) is 18.1. The lowest BCUT2D eigenvalue weighted by molar-refractivity contribution is -0.0680. The maximum absolute atomic E-state index is 14.3. The van der Waals surface area contributed by atoms with E-state index in [1.54, 1.807) is 0 Å². The molecule has 2 rings (SSSR count). The lowest BCUT2D eigenvalue weighted by Gasteiger charge is -2.29. The molecule has 0 aromatic heterocycles. The minimum Gasteiger partial charge on any atom is -0.396 e. The molecule has 0 amide bonds. The number of aliphatic hydroxyl groups excluding tert-OH is 2. The number of aliphatic hydroxyl groups is 2. The van der Waals surface area contributed by atoms with Crippen molar-refractivity contribution in [2.45, 2.75) is 24.9 Å². The Morgan fingerprint density at radius 2 is 2.26 bits per heavy atom. The second kappa shape index (κ2) is 5.81. The highest BCUT2D eigenvalue weighted by molar-refractivity contribution is 5.95. The SMILES string of the molecule is NC1=NCN([C@@H]2OC(CO)[C@@H](CCO)[C@@H]2F)C=C1F. The first kappa shape index (κ1) is 14.2. The predicted octanol–water partition coefficient (Wildman–Crippen LogP) is -0.519. The van der Waals surface area contributed by atoms with Gasteiger partial charge in [-0.25, -0.2) is 13.8 Å². The first-order valence-corrected chi connectivity index (χ1v) is 6.03. The van der Waals surface area contributed by atoms with E-state index < -0.39 is 30.2 Å². The van der Waals surface area contributed by atoms with Crippen molar-refractivity contribution in [1.29, 1.82) is 0 Å². The molecule has 0 spiro atoms. The zero-order chi connectivity index (χ0) is 14.0. The molecule has 0 radical (unpaired) electrons. The Kier molecular flexibility index (Phi) is 4.33. The van der Waals surface area contributed by atoms with Gasteiger partial charge in [0.2, 0.25) is 0 Å². The highest BCUT2D eigenvalue weighted by Crippen LogP contribution is 2.34. The Morgan fingerprint density at radius 3 is 2.84 bits per heavy atom. The van der Waals surface area contributed by atoms with E-state index in [9.17, 15) is 8.78 Å². The van der Waals surface area contributed by atoms with Crippen molar-refractivity contribution in [3.8, 4) is 0 Å². The molecule has 2 aliphatic rings. The molecule has 2 aliphatic heterocycles. The summed E-state index contributed by atoms with van der Waals surface area (Å²) in [4.78, 5) is 4.97. The summed E-state index contributed by atoms with van der Waals surface area (Å²) in [5.41, 5.74) is 5.27. The van der Waals surface area contributed by atoms with Gasteiger partial charge in [0, 0.05) is 18.7 Å². The van der Waals surface area contributed by atoms with E-state index in [1.165, 1.54) is 4.90 Å². The van der Waals surface area contributed by atoms with Gasteiger partial charge in [0.25, 0.3) is 0 Å². The quantitative estimate of drug-likeness (QED) is 0.643. The summed E-state index contributed by atoms with van der Waals surface area (Å²) in [6.45, 7) is -0.561. The largest absolute Gasteiger partial charge is 0.396 e. The fourth-order valence-corrected chi connectivity index (χ4v) is 2.35. The van der Waals surface area contributed by atoms with Crippen LogP contribution in [0.25, 0.3) is 0 Å². The molecule has 1 fully saturated rings. The molecule has 0 aliphatic carbocycles. The van der Waals surface area contributed by atoms with Crippen LogP contribution in [0.5, 0.6) is 0 Å². The van der Waals surface area contributed by atoms with Crippen LogP contribution in [0.15, 0.2) is 17.0 Å². The molecule has 0 saturated carbocycles. The van der Waals surface area contributed by atoms with Gasteiger partial charge < -0.3 is 25.6 Å². The summed E-state index contributed by atoms with van der Waals surface area (Å²) in [7, 11) is 0. The molecule has 108 valence electrons. The van der Waals surface area contributed by atoms with Crippen LogP contribution in [-0.2, 0) is 4.74 Å². The number of hydrogen-bond acceptors (Lipinski definition) is 6. The Bertz CT molecular complexity index is 391. The first-order chi connectivity index (χ1) is 9.08. The molecule has 0 aromatic carbocycles. The lowest BCUT2D eigenvalue weighted by Crippen LogP contribution is -2.40. The second-order valence-electron chi connectivity index (χ2n) is 4.54. The van der Waals surface area contributed by atoms with E-state index in [2.05, 4.69) is 4.99 Å². The average molecular weight is 277 g/mol. The molecule has 8 heteroatoms. The van der Waals surface area contributed by atoms with Gasteiger partial charge in [-0.2, -0.15) is 0 Å². The van der Waals surface area contributed by atoms with Crippen molar-refractivity contribution in [3.05, 3.63) is 12.0 Å². The van der Waals surface area contributed by atoms with Crippen LogP contribution in [0.2, 0.25) is 0 Å². The van der Waals surface area contributed by atoms with Gasteiger partial charge in [0.05, 0.1) is 12.7 Å². The van der Waals surface area contributed by atoms with Crippen molar-refractivity contribution < 1.29 is 23.7 Å². The molecule has 1 unspecified atom stereocenters. The van der Waals surface area contributed by atoms with Gasteiger partial charge in [-0.05, 0) is 6.42 Å². The molecule has 4 atom stereocenters. The van der Waals surface area contributed by atoms with E-state index in [4.69, 9.17) is 20.7 Å². The van der Waals surface area contributed by atoms with Gasteiger partial charge in [0.1, 0.15) is 6.67 Å². The molecule has 4 N–H and O–H groups in total. The maximum atomic E-state index is 14.3. The number of alkyl halides is 1. The number of aliphatic imine (C=N–C) groups is 1. The topological polar surface area (TPSA) is 91.3 Å². The smallest absolute Gasteiger partial charge is 0.180 e. The van der Waals surface area contributed by atoms with Crippen molar-refractivity contribution in [2.75, 3.05) is 19.9 Å². The number of nitrogens with zero attached hydrogens (tertiary/aromatic N) is 2. The van der Waals surface area contributed by atoms with E-state index in [1.807, 2.05) is 0 Å². The van der Waals surface area contributed by atoms with Crippen molar-refractivity contribution in [2.24, 2.45) is 16.6 Å². The second-order valence-corrected chi connectivity index (χ2v) is 4.54. The van der Waals surface area contributed by atoms with Gasteiger partial charge >= 0.3 is 0 Å². The standard InChI is InChI=1S/C11H17F2N3O3/c12-7-3-16(5-15-10(7)14)11-9(13)6(1-2-17)8(4-18)19-11/h3,6,8-9,11,17-18H,1-2,4-5H2,(H2,14,15)/t6-,8?,9+,11-/m1/s1. The third-order valence-electron chi connectivity index (χ3n) is 3.37. The number of amidine groups is 1. The van der Waals surface area contributed by atoms with E-state index in [0.717, 1.165) is 6.20 Å². The minimum atomic E-state index is -1.44. The fraction of sp³-hybridized carbons (Fsp3) is 0.727. The molecule has 0 aromatic rings. The number of halogens is 2. The normalized spacial score (nSPS) is 35.3. The van der Waals surface area contributed by atoms with E-state index in [-0.39, 0.29) is 32.1 Å². The molecular weight excluding hydrogens is 260 g/mol. The lowest BCUT2D eigenvalue weighted by atomic mass is 9.96. The van der Waals surface area contributed by atoms with Crippen LogP contribution in [0.3, 0.4) is 0 Å². The molecular formula is C11H17F2N3O3. The van der Waals surface area contributed by atoms with Crippen LogP contribution in [0, 0.1) is 5.92 Å². The summed E-state index contributed by atoms with van der Waals surface area (Å²) < 4.78 is 33.0. The molecule has 19 heavy (non-hydrogen) atoms. The monoisotopic (exact) mass is 277 g/mol. The zero-order valence-corrected chi connectivity index (χ0v) is 10.2. The van der Waals surface area contributed by atoms with Gasteiger partial charge in [-0.15, -0.1) is 0 Å². The fourth-order valence-electron chi connectivity index (χ4n) is 2.35. The van der Waals surface area contributed by atoms with Crippen molar-refractivity contribution >= 4 is 5.84 Å². The molecule has 1 saturated heterocycles. The summed E-state index contributed by atoms with van der Waals surface area (Å²) >= 11 is 0. The summed E-state index contributed by atoms with van der Waals surface area (Å²) in [5.74, 6) is -1.59. The van der Waals surface area contributed by atoms with E-state index >= 15 is 0 Å². The third kappa shape index (κ3) is 2.70. The zero-order valence-electron chi connectivity index (χ0n) is 10.2. The molecule has 0 bridgehead atoms. The number of rotatable bonds is 4. The van der Waals surface area contributed by atoms with Crippen LogP contribution in [0.1, 0.15) is 6.42 Å². The Labute approximate surface area is 109 Å². The number of nitrogens with two attached hydrogens (primary N) is 1. The third-order valence-corrected chi connectivity index (χ3v) is 3.37. The van der Waals surface area contributed by atoms with Crippen LogP contribution in [-0.4, -0.2) is 59.3 Å². The predicted molar refractivity (Wildman–Crippen MR) is 63.4 cm³/mol. The Balaban J connectivity index is 2.10. The van der Waals surface area contributed by atoms with Gasteiger partial charge in [0.15, 0.2) is 24.1 Å². The van der Waals surface area contributed by atoms with Crippen LogP contribution in [0.4, 0.5) is 8.78 Å². The number of hydrogen-bond donors (Lipinski definition) is 3. The molecule has 6 nitrogen and oxygen atoms in total. The van der Waals surface area contributed by atoms with E-state index in [0.29, 0.717) is 0 Å². The average Bonchev–Trinajstić information content (AvgIpc) is 2.71. The van der Waals surface area contributed by atoms with Crippen molar-refractivity contribution in [3.63, 3.8) is 0 Å². The summed E-state index contributed by atoms with van der Waals surface area (Å²) in [6.07, 6.45) is -1.96. The Hall–Kier alpha value is -1.25. The van der Waals surface area contributed by atoms with Crippen molar-refractivity contribution in [1.82, 2.24) is 4.90 Å². The highest BCUT2D eigenvalue weighted by atomic mass is 19.1. The molecule has 2 heterocycles. The number of ether oxygens (including phenoxy) is 1. The first-order valence-electron chi connectivity index (χ1n) is 6.03. The highest BCUT2D eigenvalue weighted by Gasteiger charge is 2.46. The summed E-state index contributed by atoms with van der Waals surface area (Å²) in [6, 6.07) is 0. The van der Waals surface area contributed by atoms with Gasteiger partial charge in [-0.1, -0.05) is 0 Å².